The molecule has 168 valence electrons. The van der Waals surface area contributed by atoms with Gasteiger partial charge in [-0.2, -0.15) is 0 Å². The van der Waals surface area contributed by atoms with Crippen LogP contribution in [0.1, 0.15) is 27.2 Å². The largest absolute Gasteiger partial charge is 0.496 e. The van der Waals surface area contributed by atoms with E-state index in [9.17, 15) is 4.79 Å². The normalized spacial score (nSPS) is 10.9. The molecule has 0 aliphatic carbocycles. The number of pyridine rings is 1. The number of aryl methyl sites for hydroxylation is 1. The van der Waals surface area contributed by atoms with E-state index in [2.05, 4.69) is 39.6 Å². The van der Waals surface area contributed by atoms with Crippen LogP contribution in [0.3, 0.4) is 0 Å². The Bertz CT molecular complexity index is 1480. The van der Waals surface area contributed by atoms with Crippen LogP contribution >= 0.6 is 11.3 Å². The van der Waals surface area contributed by atoms with Crippen LogP contribution in [0.15, 0.2) is 85.1 Å². The van der Waals surface area contributed by atoms with Crippen molar-refractivity contribution in [1.29, 1.82) is 0 Å². The molecule has 1 N–H and O–H groups in total. The van der Waals surface area contributed by atoms with E-state index in [0.717, 1.165) is 33.5 Å². The molecule has 5 rings (SSSR count). The Kier molecular flexibility index (Phi) is 6.06. The molecule has 0 radical (unpaired) electrons. The maximum atomic E-state index is 13.3. The number of aromatic nitrogens is 2. The van der Waals surface area contributed by atoms with Crippen LogP contribution in [0.4, 0.5) is 5.13 Å². The smallest absolute Gasteiger partial charge is 0.259 e. The summed E-state index contributed by atoms with van der Waals surface area (Å²) in [5, 5.41) is 3.53. The molecule has 0 spiro atoms. The van der Waals surface area contributed by atoms with E-state index in [1.807, 2.05) is 61.5 Å². The van der Waals surface area contributed by atoms with Gasteiger partial charge >= 0.3 is 0 Å². The van der Waals surface area contributed by atoms with Gasteiger partial charge in [0.15, 0.2) is 5.13 Å². The van der Waals surface area contributed by atoms with Gasteiger partial charge in [0.2, 0.25) is 0 Å². The number of hydrogen-bond donors (Lipinski definition) is 1. The number of amides is 1. The highest BCUT2D eigenvalue weighted by atomic mass is 32.1. The number of ether oxygens (including phenoxy) is 1. The zero-order valence-corrected chi connectivity index (χ0v) is 19.7. The van der Waals surface area contributed by atoms with E-state index >= 15 is 0 Å². The predicted octanol–water partition coefficient (Wildman–Crippen LogP) is 6.52. The van der Waals surface area contributed by atoms with Crippen LogP contribution in [-0.4, -0.2) is 23.0 Å². The van der Waals surface area contributed by atoms with Crippen molar-refractivity contribution in [3.05, 3.63) is 107 Å². The number of hydrogen-bond acceptors (Lipinski definition) is 5. The molecule has 3 aromatic carbocycles. The van der Waals surface area contributed by atoms with Crippen LogP contribution in [0.5, 0.6) is 5.75 Å². The van der Waals surface area contributed by atoms with Crippen LogP contribution in [0.2, 0.25) is 0 Å². The predicted molar refractivity (Wildman–Crippen MR) is 138 cm³/mol. The molecule has 0 unspecified atom stereocenters. The van der Waals surface area contributed by atoms with Gasteiger partial charge in [-0.1, -0.05) is 65.9 Å². The summed E-state index contributed by atoms with van der Waals surface area (Å²) in [6, 6.07) is 26.2. The molecule has 0 aliphatic heterocycles. The molecule has 0 bridgehead atoms. The number of anilines is 1. The van der Waals surface area contributed by atoms with E-state index in [0.29, 0.717) is 16.4 Å². The van der Waals surface area contributed by atoms with Crippen LogP contribution in [0, 0.1) is 6.92 Å². The molecule has 6 heteroatoms. The highest BCUT2D eigenvalue weighted by Gasteiger charge is 2.18. The van der Waals surface area contributed by atoms with Crippen molar-refractivity contribution in [3.8, 4) is 16.9 Å². The van der Waals surface area contributed by atoms with Crippen molar-refractivity contribution in [3.63, 3.8) is 0 Å². The van der Waals surface area contributed by atoms with Gasteiger partial charge < -0.3 is 4.74 Å². The zero-order chi connectivity index (χ0) is 23.5. The van der Waals surface area contributed by atoms with Gasteiger partial charge in [-0.15, -0.1) is 0 Å². The Morgan fingerprint density at radius 2 is 1.74 bits per heavy atom. The van der Waals surface area contributed by atoms with Crippen molar-refractivity contribution >= 4 is 32.6 Å². The number of benzene rings is 3. The van der Waals surface area contributed by atoms with E-state index in [1.165, 1.54) is 22.5 Å². The molecule has 0 aliphatic rings. The minimum absolute atomic E-state index is 0.253. The molecule has 0 saturated carbocycles. The minimum atomic E-state index is -0.253. The average molecular weight is 466 g/mol. The summed E-state index contributed by atoms with van der Waals surface area (Å²) >= 11 is 1.47. The second-order valence-electron chi connectivity index (χ2n) is 8.01. The first kappa shape index (κ1) is 21.8. The van der Waals surface area contributed by atoms with E-state index in [-0.39, 0.29) is 5.91 Å². The average Bonchev–Trinajstić information content (AvgIpc) is 3.26. The van der Waals surface area contributed by atoms with Crippen molar-refractivity contribution in [1.82, 2.24) is 9.97 Å². The SMILES string of the molecule is COc1ccccc1-c1cc(C)ncc1C(=O)Nc1nc2ccc(Cc3ccccc3)cc2s1. The van der Waals surface area contributed by atoms with E-state index in [4.69, 9.17) is 4.74 Å². The summed E-state index contributed by atoms with van der Waals surface area (Å²) in [7, 11) is 1.62. The number of fused-ring (bicyclic) bond motifs is 1. The monoisotopic (exact) mass is 465 g/mol. The maximum absolute atomic E-state index is 13.3. The summed E-state index contributed by atoms with van der Waals surface area (Å²) < 4.78 is 6.56. The topological polar surface area (TPSA) is 64.1 Å². The number of methoxy groups -OCH3 is 1. The number of thiazole rings is 1. The van der Waals surface area contributed by atoms with Gasteiger partial charge in [-0.3, -0.25) is 15.1 Å². The summed E-state index contributed by atoms with van der Waals surface area (Å²) in [6.45, 7) is 1.90. The van der Waals surface area contributed by atoms with Gasteiger partial charge in [0.1, 0.15) is 5.75 Å². The Hall–Kier alpha value is -4.03. The summed E-state index contributed by atoms with van der Waals surface area (Å²) in [5.41, 5.74) is 6.24. The molecule has 34 heavy (non-hydrogen) atoms. The fourth-order valence-corrected chi connectivity index (χ4v) is 4.88. The summed E-state index contributed by atoms with van der Waals surface area (Å²) in [6.07, 6.45) is 2.46. The lowest BCUT2D eigenvalue weighted by Gasteiger charge is -2.13. The quantitative estimate of drug-likeness (QED) is 0.310. The second-order valence-corrected chi connectivity index (χ2v) is 9.04. The third-order valence-corrected chi connectivity index (χ3v) is 6.54. The first-order chi connectivity index (χ1) is 16.6. The van der Waals surface area contributed by atoms with Gasteiger partial charge in [0.05, 0.1) is 22.9 Å². The lowest BCUT2D eigenvalue weighted by molar-refractivity contribution is 0.102. The van der Waals surface area contributed by atoms with E-state index in [1.54, 1.807) is 13.3 Å². The third kappa shape index (κ3) is 4.54. The Morgan fingerprint density at radius 1 is 0.941 bits per heavy atom. The maximum Gasteiger partial charge on any atom is 0.259 e. The van der Waals surface area contributed by atoms with E-state index < -0.39 is 0 Å². The fraction of sp³-hybridized carbons (Fsp3) is 0.107. The Morgan fingerprint density at radius 3 is 2.56 bits per heavy atom. The lowest BCUT2D eigenvalue weighted by Crippen LogP contribution is -2.14. The highest BCUT2D eigenvalue weighted by molar-refractivity contribution is 7.22. The molecule has 0 saturated heterocycles. The molecule has 0 atom stereocenters. The fourth-order valence-electron chi connectivity index (χ4n) is 3.96. The molecular formula is C28H23N3O2S. The first-order valence-corrected chi connectivity index (χ1v) is 11.8. The second kappa shape index (κ2) is 9.45. The van der Waals surface area contributed by atoms with Crippen molar-refractivity contribution in [2.75, 3.05) is 12.4 Å². The first-order valence-electron chi connectivity index (χ1n) is 11.0. The molecule has 5 nitrogen and oxygen atoms in total. The number of carbonyl (C=O) groups excluding carboxylic acids is 1. The highest BCUT2D eigenvalue weighted by Crippen LogP contribution is 2.33. The molecule has 1 amide bonds. The zero-order valence-electron chi connectivity index (χ0n) is 18.9. The molecule has 2 heterocycles. The molecule has 5 aromatic rings. The van der Waals surface area contributed by atoms with Crippen LogP contribution in [-0.2, 0) is 6.42 Å². The minimum Gasteiger partial charge on any atom is -0.496 e. The van der Waals surface area contributed by atoms with Crippen LogP contribution in [0.25, 0.3) is 21.3 Å². The molecular weight excluding hydrogens is 442 g/mol. The van der Waals surface area contributed by atoms with Gasteiger partial charge in [-0.05, 0) is 48.7 Å². The van der Waals surface area contributed by atoms with Gasteiger partial charge in [0, 0.05) is 23.0 Å². The summed E-state index contributed by atoms with van der Waals surface area (Å²) in [4.78, 5) is 22.3. The number of nitrogens with one attached hydrogen (secondary N) is 1. The van der Waals surface area contributed by atoms with Crippen molar-refractivity contribution < 1.29 is 9.53 Å². The number of para-hydroxylation sites is 1. The Labute approximate surface area is 202 Å². The van der Waals surface area contributed by atoms with Gasteiger partial charge in [0.25, 0.3) is 5.91 Å². The van der Waals surface area contributed by atoms with Crippen molar-refractivity contribution in [2.24, 2.45) is 0 Å². The number of rotatable bonds is 6. The Balaban J connectivity index is 1.43. The lowest BCUT2D eigenvalue weighted by atomic mass is 9.99. The third-order valence-electron chi connectivity index (χ3n) is 5.61. The van der Waals surface area contributed by atoms with Gasteiger partial charge in [-0.25, -0.2) is 4.98 Å². The molecule has 0 fully saturated rings. The molecule has 2 aromatic heterocycles. The van der Waals surface area contributed by atoms with Crippen LogP contribution < -0.4 is 10.1 Å². The van der Waals surface area contributed by atoms with Crippen molar-refractivity contribution in [2.45, 2.75) is 13.3 Å². The standard InChI is InChI=1S/C28H23N3O2S/c1-18-14-22(21-10-6-7-11-25(21)33-2)23(17-29-18)27(32)31-28-30-24-13-12-20(16-26(24)34-28)15-19-8-4-3-5-9-19/h3-14,16-17H,15H2,1-2H3,(H,30,31,32). The number of nitrogens with zero attached hydrogens (tertiary/aromatic N) is 2. The summed E-state index contributed by atoms with van der Waals surface area (Å²) in [5.74, 6) is 0.449. The number of carbonyl (C=O) groups is 1.